The number of fused-ring (bicyclic) bond motifs is 1. The van der Waals surface area contributed by atoms with Crippen molar-refractivity contribution >= 4 is 43.7 Å². The van der Waals surface area contributed by atoms with Crippen molar-refractivity contribution in [2.45, 2.75) is 15.5 Å². The Morgan fingerprint density at radius 3 is 2.41 bits per heavy atom. The SMILES string of the molecule is O=C(NO)Sc1ccc(OCCNC(=O)c2oc3ccccc3c2CS(=O)(=O)c2ccc(F)cc2)cc1. The number of hydrogen-bond donors (Lipinski definition) is 3. The number of sulfone groups is 1. The summed E-state index contributed by atoms with van der Waals surface area (Å²) in [6, 6.07) is 17.7. The van der Waals surface area contributed by atoms with E-state index in [1.807, 2.05) is 0 Å². The third-order valence-electron chi connectivity index (χ3n) is 5.19. The normalized spacial score (nSPS) is 11.3. The Kier molecular flexibility index (Phi) is 8.11. The van der Waals surface area contributed by atoms with Crippen LogP contribution in [0.4, 0.5) is 9.18 Å². The van der Waals surface area contributed by atoms with Gasteiger partial charge in [0.2, 0.25) is 0 Å². The predicted octanol–water partition coefficient (Wildman–Crippen LogP) is 4.55. The van der Waals surface area contributed by atoms with Gasteiger partial charge >= 0.3 is 5.24 Å². The Bertz CT molecular complexity index is 1520. The average molecular weight is 545 g/mol. The highest BCUT2D eigenvalue weighted by Crippen LogP contribution is 2.29. The number of para-hydroxylation sites is 1. The lowest BCUT2D eigenvalue weighted by molar-refractivity contribution is 0.0920. The second-order valence-corrected chi connectivity index (χ2v) is 10.7. The predicted molar refractivity (Wildman–Crippen MR) is 134 cm³/mol. The first-order chi connectivity index (χ1) is 17.8. The fourth-order valence-electron chi connectivity index (χ4n) is 3.49. The van der Waals surface area contributed by atoms with Crippen LogP contribution in [0.3, 0.4) is 0 Å². The highest BCUT2D eigenvalue weighted by Gasteiger charge is 2.26. The number of furan rings is 1. The summed E-state index contributed by atoms with van der Waals surface area (Å²) in [5, 5.41) is 11.1. The van der Waals surface area contributed by atoms with Gasteiger partial charge in [-0.1, -0.05) is 18.2 Å². The Balaban J connectivity index is 1.43. The van der Waals surface area contributed by atoms with Gasteiger partial charge in [-0.05, 0) is 66.4 Å². The number of benzene rings is 3. The average Bonchev–Trinajstić information content (AvgIpc) is 3.25. The van der Waals surface area contributed by atoms with E-state index >= 15 is 0 Å². The first-order valence-electron chi connectivity index (χ1n) is 10.9. The summed E-state index contributed by atoms with van der Waals surface area (Å²) in [6.07, 6.45) is 0. The van der Waals surface area contributed by atoms with Crippen LogP contribution in [0.25, 0.3) is 11.0 Å². The number of carbonyl (C=O) groups is 2. The zero-order chi connectivity index (χ0) is 26.4. The Hall–Kier alpha value is -3.87. The number of nitrogens with one attached hydrogen (secondary N) is 2. The van der Waals surface area contributed by atoms with E-state index in [2.05, 4.69) is 5.32 Å². The monoisotopic (exact) mass is 544 g/mol. The van der Waals surface area contributed by atoms with Crippen LogP contribution in [0.5, 0.6) is 5.75 Å². The number of halogens is 1. The smallest absolute Gasteiger partial charge is 0.307 e. The highest BCUT2D eigenvalue weighted by molar-refractivity contribution is 8.13. The van der Waals surface area contributed by atoms with Gasteiger partial charge in [0.1, 0.15) is 23.8 Å². The van der Waals surface area contributed by atoms with E-state index in [0.717, 1.165) is 23.9 Å². The maximum Gasteiger partial charge on any atom is 0.307 e. The van der Waals surface area contributed by atoms with Crippen molar-refractivity contribution in [1.82, 2.24) is 10.8 Å². The maximum atomic E-state index is 13.3. The van der Waals surface area contributed by atoms with Crippen molar-refractivity contribution in [2.75, 3.05) is 13.2 Å². The Morgan fingerprint density at radius 1 is 1.00 bits per heavy atom. The van der Waals surface area contributed by atoms with Crippen molar-refractivity contribution in [2.24, 2.45) is 0 Å². The molecular weight excluding hydrogens is 523 g/mol. The van der Waals surface area contributed by atoms with E-state index in [-0.39, 0.29) is 29.4 Å². The van der Waals surface area contributed by atoms with Gasteiger partial charge in [0.15, 0.2) is 15.6 Å². The zero-order valence-corrected chi connectivity index (χ0v) is 20.8. The lowest BCUT2D eigenvalue weighted by Crippen LogP contribution is -2.28. The largest absolute Gasteiger partial charge is 0.492 e. The molecule has 3 N–H and O–H groups in total. The molecule has 0 atom stereocenters. The zero-order valence-electron chi connectivity index (χ0n) is 19.1. The molecule has 192 valence electrons. The molecule has 9 nitrogen and oxygen atoms in total. The molecule has 0 saturated heterocycles. The van der Waals surface area contributed by atoms with E-state index < -0.39 is 32.6 Å². The van der Waals surface area contributed by atoms with Crippen LogP contribution in [-0.2, 0) is 15.6 Å². The highest BCUT2D eigenvalue weighted by atomic mass is 32.2. The number of ether oxygens (including phenoxy) is 1. The molecule has 12 heteroatoms. The summed E-state index contributed by atoms with van der Waals surface area (Å²) < 4.78 is 50.5. The van der Waals surface area contributed by atoms with E-state index in [0.29, 0.717) is 21.6 Å². The Morgan fingerprint density at radius 2 is 1.70 bits per heavy atom. The minimum atomic E-state index is -3.89. The van der Waals surface area contributed by atoms with Gasteiger partial charge in [-0.2, -0.15) is 0 Å². The third-order valence-corrected chi connectivity index (χ3v) is 7.64. The van der Waals surface area contributed by atoms with Crippen LogP contribution >= 0.6 is 11.8 Å². The molecule has 0 radical (unpaired) electrons. The van der Waals surface area contributed by atoms with Gasteiger partial charge in [0.25, 0.3) is 5.91 Å². The lowest BCUT2D eigenvalue weighted by atomic mass is 10.1. The topological polar surface area (TPSA) is 135 Å². The van der Waals surface area contributed by atoms with Gasteiger partial charge in [0.05, 0.1) is 17.2 Å². The standard InChI is InChI=1S/C25H21FN2O7S2/c26-16-5-11-19(12-6-16)37(32,33)15-21-20-3-1-2-4-22(20)35-23(21)24(29)27-13-14-34-17-7-9-18(10-8-17)36-25(30)28-31/h1-12,31H,13-15H2,(H,27,29)(H,28,30). The van der Waals surface area contributed by atoms with E-state index in [1.54, 1.807) is 48.5 Å². The van der Waals surface area contributed by atoms with Crippen molar-refractivity contribution in [3.05, 3.63) is 89.9 Å². The second kappa shape index (κ2) is 11.5. The minimum absolute atomic E-state index is 0.0691. The van der Waals surface area contributed by atoms with Crippen molar-refractivity contribution < 1.29 is 36.8 Å². The van der Waals surface area contributed by atoms with Crippen molar-refractivity contribution in [1.29, 1.82) is 0 Å². The van der Waals surface area contributed by atoms with E-state index in [1.165, 1.54) is 17.6 Å². The molecule has 0 aliphatic heterocycles. The summed E-state index contributed by atoms with van der Waals surface area (Å²) in [7, 11) is -3.89. The quantitative estimate of drug-likeness (QED) is 0.0919. The van der Waals surface area contributed by atoms with Crippen LogP contribution in [0, 0.1) is 5.82 Å². The summed E-state index contributed by atoms with van der Waals surface area (Å²) in [5.41, 5.74) is 2.10. The lowest BCUT2D eigenvalue weighted by Gasteiger charge is -2.09. The van der Waals surface area contributed by atoms with Crippen LogP contribution in [0.2, 0.25) is 0 Å². The van der Waals surface area contributed by atoms with Crippen LogP contribution in [0.15, 0.2) is 87.0 Å². The Labute approximate surface area is 215 Å². The number of thioether (sulfide) groups is 1. The molecule has 3 aromatic carbocycles. The molecule has 0 fully saturated rings. The van der Waals surface area contributed by atoms with Crippen LogP contribution in [-0.4, -0.2) is 37.9 Å². The van der Waals surface area contributed by atoms with Crippen molar-refractivity contribution in [3.63, 3.8) is 0 Å². The van der Waals surface area contributed by atoms with Crippen molar-refractivity contribution in [3.8, 4) is 5.75 Å². The van der Waals surface area contributed by atoms with Crippen LogP contribution in [0.1, 0.15) is 16.1 Å². The number of rotatable bonds is 9. The molecule has 4 rings (SSSR count). The van der Waals surface area contributed by atoms with Gasteiger partial charge in [0, 0.05) is 15.8 Å². The number of hydrogen-bond acceptors (Lipinski definition) is 8. The molecule has 0 aliphatic rings. The van der Waals surface area contributed by atoms with E-state index in [9.17, 15) is 22.4 Å². The molecule has 0 unspecified atom stereocenters. The first-order valence-corrected chi connectivity index (χ1v) is 13.4. The van der Waals surface area contributed by atoms with Gasteiger partial charge in [-0.25, -0.2) is 18.3 Å². The number of amides is 2. The fourth-order valence-corrected chi connectivity index (χ4v) is 5.40. The van der Waals surface area contributed by atoms with E-state index in [4.69, 9.17) is 14.4 Å². The summed E-state index contributed by atoms with van der Waals surface area (Å²) in [4.78, 5) is 24.6. The maximum absolute atomic E-state index is 13.3. The third kappa shape index (κ3) is 6.47. The van der Waals surface area contributed by atoms with Gasteiger partial charge in [-0.3, -0.25) is 14.8 Å². The summed E-state index contributed by atoms with van der Waals surface area (Å²) >= 11 is 0.806. The summed E-state index contributed by atoms with van der Waals surface area (Å²) in [6.45, 7) is 0.211. The van der Waals surface area contributed by atoms with Gasteiger partial charge in [-0.15, -0.1) is 0 Å². The summed E-state index contributed by atoms with van der Waals surface area (Å²) in [5.74, 6) is -1.30. The molecule has 4 aromatic rings. The molecule has 0 bridgehead atoms. The number of carbonyl (C=O) groups excluding carboxylic acids is 2. The first kappa shape index (κ1) is 26.2. The molecule has 37 heavy (non-hydrogen) atoms. The molecule has 0 saturated carbocycles. The molecule has 1 aromatic heterocycles. The molecule has 1 heterocycles. The molecule has 2 amide bonds. The second-order valence-electron chi connectivity index (χ2n) is 7.70. The van der Waals surface area contributed by atoms with Gasteiger partial charge < -0.3 is 14.5 Å². The molecule has 0 aliphatic carbocycles. The fraction of sp³-hybridized carbons (Fsp3) is 0.120. The molecule has 0 spiro atoms. The van der Waals surface area contributed by atoms with Crippen LogP contribution < -0.4 is 15.5 Å². The minimum Gasteiger partial charge on any atom is -0.492 e. The number of hydroxylamine groups is 1. The molecular formula is C25H21FN2O7S2.